The number of H-pyrrole nitrogens is 1. The third-order valence-corrected chi connectivity index (χ3v) is 9.13. The minimum atomic E-state index is -5.57. The molecule has 11 atom stereocenters. The summed E-state index contributed by atoms with van der Waals surface area (Å²) in [5.74, 6) is -1.55. The smallest absolute Gasteiger partial charge is 0.389 e. The third-order valence-electron chi connectivity index (χ3n) is 6.53. The molecule has 24 heteroatoms. The molecule has 0 bridgehead atoms. The molecule has 22 nitrogen and oxygen atoms in total. The number of carbonyl (C=O) groups excluding carboxylic acids is 2. The summed E-state index contributed by atoms with van der Waals surface area (Å²) in [5.41, 5.74) is 4.59. The van der Waals surface area contributed by atoms with E-state index in [2.05, 4.69) is 29.9 Å². The van der Waals surface area contributed by atoms with Crippen molar-refractivity contribution in [2.75, 3.05) is 12.3 Å². The van der Waals surface area contributed by atoms with Crippen molar-refractivity contribution in [3.05, 3.63) is 16.7 Å². The van der Waals surface area contributed by atoms with Gasteiger partial charge in [0.05, 0.1) is 25.1 Å². The predicted molar refractivity (Wildman–Crippen MR) is 142 cm³/mol. The number of nitrogen functional groups attached to an aromatic ring is 1. The first-order chi connectivity index (χ1) is 20.4. The number of nitrogens with two attached hydrogens (primary N) is 1. The van der Waals surface area contributed by atoms with Crippen molar-refractivity contribution >= 4 is 44.6 Å². The van der Waals surface area contributed by atoms with E-state index in [4.69, 9.17) is 24.3 Å². The average Bonchev–Trinajstić information content (AvgIpc) is 3.42. The highest BCUT2D eigenvalue weighted by Crippen LogP contribution is 2.61. The van der Waals surface area contributed by atoms with Crippen LogP contribution in [0.5, 0.6) is 0 Å². The van der Waals surface area contributed by atoms with Crippen LogP contribution in [0.4, 0.5) is 5.95 Å². The number of aromatic amines is 1. The number of rotatable bonds is 10. The van der Waals surface area contributed by atoms with E-state index in [1.165, 1.54) is 6.92 Å². The second kappa shape index (κ2) is 12.9. The van der Waals surface area contributed by atoms with Crippen LogP contribution in [0.15, 0.2) is 11.1 Å². The number of aliphatic hydroxyl groups is 3. The number of ether oxygens (including phenoxy) is 2. The minimum absolute atomic E-state index is 0.107. The second-order valence-corrected chi connectivity index (χ2v) is 12.9. The summed E-state index contributed by atoms with van der Waals surface area (Å²) in [4.78, 5) is 65.6. The number of amides is 2. The van der Waals surface area contributed by atoms with E-state index in [1.807, 2.05) is 0 Å². The molecule has 246 valence electrons. The molecular weight excluding hydrogens is 640 g/mol. The zero-order valence-corrected chi connectivity index (χ0v) is 24.9. The first-order valence-corrected chi connectivity index (χ1v) is 15.7. The number of phosphoric acid groups is 2. The molecule has 10 N–H and O–H groups in total. The molecule has 2 aromatic heterocycles. The molecule has 0 aliphatic carbocycles. The van der Waals surface area contributed by atoms with Gasteiger partial charge in [-0.3, -0.25) is 33.0 Å². The Kier molecular flexibility index (Phi) is 9.95. The zero-order chi connectivity index (χ0) is 32.7. The number of hydrogen-bond acceptors (Lipinski definition) is 16. The van der Waals surface area contributed by atoms with Crippen LogP contribution in [0.1, 0.15) is 27.0 Å². The highest BCUT2D eigenvalue weighted by atomic mass is 31.3. The highest BCUT2D eigenvalue weighted by molar-refractivity contribution is 7.61. The Morgan fingerprint density at radius 1 is 1.07 bits per heavy atom. The van der Waals surface area contributed by atoms with Crippen molar-refractivity contribution < 1.29 is 66.7 Å². The van der Waals surface area contributed by atoms with Gasteiger partial charge in [-0.1, -0.05) is 0 Å². The largest absolute Gasteiger partial charge is 0.483 e. The number of phosphoric ester groups is 2. The van der Waals surface area contributed by atoms with Gasteiger partial charge >= 0.3 is 15.6 Å². The molecule has 0 saturated carbocycles. The van der Waals surface area contributed by atoms with Gasteiger partial charge in [-0.25, -0.2) is 14.1 Å². The van der Waals surface area contributed by atoms with Gasteiger partial charge in [-0.05, 0) is 6.92 Å². The molecule has 2 aliphatic rings. The maximum atomic E-state index is 12.7. The number of nitrogens with one attached hydrogen (secondary N) is 3. The zero-order valence-electron chi connectivity index (χ0n) is 23.1. The van der Waals surface area contributed by atoms with Gasteiger partial charge in [0.1, 0.15) is 30.5 Å². The molecule has 0 spiro atoms. The quantitative estimate of drug-likeness (QED) is 0.112. The lowest BCUT2D eigenvalue weighted by atomic mass is 9.95. The van der Waals surface area contributed by atoms with Crippen molar-refractivity contribution in [1.82, 2.24) is 30.2 Å². The monoisotopic (exact) mass is 671 g/mol. The van der Waals surface area contributed by atoms with Crippen molar-refractivity contribution in [2.24, 2.45) is 0 Å². The number of nitrogens with zero attached hydrogens (tertiary/aromatic N) is 3. The second-order valence-electron chi connectivity index (χ2n) is 9.89. The van der Waals surface area contributed by atoms with Gasteiger partial charge in [0.15, 0.2) is 23.7 Å². The van der Waals surface area contributed by atoms with Gasteiger partial charge in [-0.15, -0.1) is 0 Å². The summed E-state index contributed by atoms with van der Waals surface area (Å²) in [6.07, 6.45) is -9.88. The van der Waals surface area contributed by atoms with Crippen LogP contribution in [0, 0.1) is 0 Å². The molecular formula is C20H31N7O15P2. The molecule has 2 saturated heterocycles. The number of anilines is 1. The molecule has 44 heavy (non-hydrogen) atoms. The predicted octanol–water partition coefficient (Wildman–Crippen LogP) is -3.31. The lowest BCUT2D eigenvalue weighted by Crippen LogP contribution is -2.67. The van der Waals surface area contributed by atoms with Crippen LogP contribution in [0.3, 0.4) is 0 Å². The fourth-order valence-electron chi connectivity index (χ4n) is 4.66. The van der Waals surface area contributed by atoms with Crippen molar-refractivity contribution in [3.8, 4) is 0 Å². The lowest BCUT2D eigenvalue weighted by Gasteiger charge is -2.43. The average molecular weight is 671 g/mol. The highest BCUT2D eigenvalue weighted by Gasteiger charge is 2.50. The topological polar surface area (TPSA) is 329 Å². The number of hydrogen-bond donors (Lipinski definition) is 9. The SMILES string of the molecule is CC(=O)NC1C(C)OC(OP(=O)(O)OP(=O)(O)OCC2OC(n3cnc4c(=O)[nH]c(N)nc43)C(O)C2O)C(NC(C)=O)C1O. The van der Waals surface area contributed by atoms with Gasteiger partial charge in [0.25, 0.3) is 5.56 Å². The Hall–Kier alpha value is -2.85. The van der Waals surface area contributed by atoms with E-state index < -0.39 is 94.7 Å². The van der Waals surface area contributed by atoms with Gasteiger partial charge < -0.3 is 50.9 Å². The summed E-state index contributed by atoms with van der Waals surface area (Å²) in [5, 5.41) is 36.3. The first-order valence-electron chi connectivity index (χ1n) is 12.7. The molecule has 0 aromatic carbocycles. The van der Waals surface area contributed by atoms with Gasteiger partial charge in [0.2, 0.25) is 17.8 Å². The molecule has 4 rings (SSSR count). The maximum Gasteiger partial charge on any atom is 0.483 e. The standard InChI is InChI=1S/C20H31N7O15P2/c1-6-10(23-7(2)28)14(31)11(24-8(3)29)19(39-6)41-44(36,37)42-43(34,35)38-4-9-13(30)15(32)18(40-9)27-5-22-12-16(27)25-20(21)26-17(12)33/h5-6,9-11,13-15,18-19,30-32H,4H2,1-3H3,(H,23,28)(H,24,29)(H,34,35)(H,36,37)(H3,21,25,26,33). The molecule has 2 aromatic rings. The van der Waals surface area contributed by atoms with E-state index in [1.54, 1.807) is 0 Å². The molecule has 2 aliphatic heterocycles. The summed E-state index contributed by atoms with van der Waals surface area (Å²) in [7, 11) is -11.1. The third kappa shape index (κ3) is 7.50. The van der Waals surface area contributed by atoms with Crippen molar-refractivity contribution in [2.45, 2.75) is 75.9 Å². The van der Waals surface area contributed by atoms with Crippen LogP contribution >= 0.6 is 15.6 Å². The molecule has 0 radical (unpaired) electrons. The number of carbonyl (C=O) groups is 2. The van der Waals surface area contributed by atoms with E-state index in [9.17, 15) is 48.6 Å². The van der Waals surface area contributed by atoms with Crippen molar-refractivity contribution in [1.29, 1.82) is 0 Å². The van der Waals surface area contributed by atoms with E-state index in [-0.39, 0.29) is 17.1 Å². The Bertz CT molecular complexity index is 1550. The Morgan fingerprint density at radius 3 is 2.34 bits per heavy atom. The Labute approximate surface area is 246 Å². The molecule has 2 fully saturated rings. The summed E-state index contributed by atoms with van der Waals surface area (Å²) < 4.78 is 51.1. The summed E-state index contributed by atoms with van der Waals surface area (Å²) in [6.45, 7) is 2.61. The van der Waals surface area contributed by atoms with E-state index in [0.29, 0.717) is 0 Å². The lowest BCUT2D eigenvalue weighted by molar-refractivity contribution is -0.208. The van der Waals surface area contributed by atoms with Crippen LogP contribution in [0.25, 0.3) is 11.2 Å². The molecule has 11 unspecified atom stereocenters. The van der Waals surface area contributed by atoms with Crippen LogP contribution < -0.4 is 21.9 Å². The van der Waals surface area contributed by atoms with Gasteiger partial charge in [0, 0.05) is 13.8 Å². The van der Waals surface area contributed by atoms with Crippen molar-refractivity contribution in [3.63, 3.8) is 0 Å². The molecule has 2 amide bonds. The fraction of sp³-hybridized carbons (Fsp3) is 0.650. The fourth-order valence-corrected chi connectivity index (χ4v) is 6.82. The number of aliphatic hydroxyl groups excluding tert-OH is 3. The summed E-state index contributed by atoms with van der Waals surface area (Å²) >= 11 is 0. The first kappa shape index (κ1) is 34.0. The Balaban J connectivity index is 1.41. The number of imidazole rings is 1. The normalized spacial score (nSPS) is 33.4. The summed E-state index contributed by atoms with van der Waals surface area (Å²) in [6, 6.07) is -2.63. The molecule has 4 heterocycles. The van der Waals surface area contributed by atoms with Crippen LogP contribution in [-0.4, -0.2) is 112 Å². The number of aromatic nitrogens is 4. The van der Waals surface area contributed by atoms with Gasteiger partial charge in [-0.2, -0.15) is 9.29 Å². The number of fused-ring (bicyclic) bond motifs is 1. The van der Waals surface area contributed by atoms with Crippen LogP contribution in [0.2, 0.25) is 0 Å². The van der Waals surface area contributed by atoms with E-state index in [0.717, 1.165) is 24.7 Å². The maximum absolute atomic E-state index is 12.7. The van der Waals surface area contributed by atoms with Crippen LogP contribution in [-0.2, 0) is 41.6 Å². The van der Waals surface area contributed by atoms with E-state index >= 15 is 0 Å². The minimum Gasteiger partial charge on any atom is -0.389 e. The Morgan fingerprint density at radius 2 is 1.70 bits per heavy atom.